The number of carboxylic acid groups (broad SMARTS) is 1. The molecular weight excluding hydrogens is 234 g/mol. The van der Waals surface area contributed by atoms with Crippen molar-refractivity contribution in [3.8, 4) is 12.3 Å². The second kappa shape index (κ2) is 6.41. The molecule has 5 nitrogen and oxygen atoms in total. The van der Waals surface area contributed by atoms with Crippen LogP contribution < -0.4 is 0 Å². The van der Waals surface area contributed by atoms with Gasteiger partial charge < -0.3 is 14.7 Å². The van der Waals surface area contributed by atoms with Gasteiger partial charge in [-0.25, -0.2) is 4.79 Å². The second-order valence-electron chi connectivity index (χ2n) is 4.79. The first-order valence-electron chi connectivity index (χ1n) is 6.04. The van der Waals surface area contributed by atoms with Crippen molar-refractivity contribution in [1.82, 2.24) is 4.90 Å². The van der Waals surface area contributed by atoms with Crippen molar-refractivity contribution < 1.29 is 19.4 Å². The fourth-order valence-electron chi connectivity index (χ4n) is 1.93. The van der Waals surface area contributed by atoms with E-state index in [4.69, 9.17) is 16.3 Å². The van der Waals surface area contributed by atoms with E-state index in [1.165, 1.54) is 0 Å². The predicted octanol–water partition coefficient (Wildman–Crippen LogP) is 0.882. The minimum atomic E-state index is -0.990. The molecular formula is C13H19NO4. The lowest BCUT2D eigenvalue weighted by Crippen LogP contribution is -2.63. The zero-order chi connectivity index (χ0) is 13.6. The normalized spacial score (nSPS) is 16.8. The fraction of sp³-hybridized carbons (Fsp3) is 0.692. The number of terminal acetylenes is 1. The smallest absolute Gasteiger partial charge is 0.329 e. The number of carbonyl (C=O) groups excluding carboxylic acids is 1. The van der Waals surface area contributed by atoms with Crippen molar-refractivity contribution in [3.05, 3.63) is 0 Å². The Morgan fingerprint density at radius 2 is 2.11 bits per heavy atom. The molecule has 100 valence electrons. The lowest BCUT2D eigenvalue weighted by molar-refractivity contribution is -0.173. The summed E-state index contributed by atoms with van der Waals surface area (Å²) in [4.78, 5) is 23.8. The number of hydrogen-bond acceptors (Lipinski definition) is 3. The highest BCUT2D eigenvalue weighted by molar-refractivity contribution is 5.77. The number of amides is 1. The molecule has 0 bridgehead atoms. The third-order valence-electron chi connectivity index (χ3n) is 2.91. The molecule has 1 heterocycles. The molecule has 0 aromatic carbocycles. The van der Waals surface area contributed by atoms with Crippen molar-refractivity contribution >= 4 is 11.9 Å². The van der Waals surface area contributed by atoms with Crippen LogP contribution in [0.1, 0.15) is 32.6 Å². The number of hydrogen-bond donors (Lipinski definition) is 1. The molecule has 1 aliphatic heterocycles. The van der Waals surface area contributed by atoms with Gasteiger partial charge in [-0.2, -0.15) is 0 Å². The van der Waals surface area contributed by atoms with Crippen LogP contribution in [0.5, 0.6) is 0 Å². The zero-order valence-corrected chi connectivity index (χ0v) is 10.6. The summed E-state index contributed by atoms with van der Waals surface area (Å²) in [7, 11) is 0. The van der Waals surface area contributed by atoms with E-state index in [-0.39, 0.29) is 12.5 Å². The van der Waals surface area contributed by atoms with E-state index in [9.17, 15) is 9.59 Å². The summed E-state index contributed by atoms with van der Waals surface area (Å²) >= 11 is 0. The third kappa shape index (κ3) is 4.38. The number of carbonyl (C=O) groups is 2. The van der Waals surface area contributed by atoms with Gasteiger partial charge in [-0.1, -0.05) is 0 Å². The van der Waals surface area contributed by atoms with E-state index in [2.05, 4.69) is 5.92 Å². The van der Waals surface area contributed by atoms with Gasteiger partial charge >= 0.3 is 5.97 Å². The van der Waals surface area contributed by atoms with Gasteiger partial charge in [0.25, 0.3) is 0 Å². The summed E-state index contributed by atoms with van der Waals surface area (Å²) in [6.45, 7) is 2.43. The number of ether oxygens (including phenoxy) is 1. The monoisotopic (exact) mass is 253 g/mol. The number of rotatable bonds is 7. The average molecular weight is 253 g/mol. The molecule has 1 saturated heterocycles. The quantitative estimate of drug-likeness (QED) is 0.540. The summed E-state index contributed by atoms with van der Waals surface area (Å²) in [6, 6.07) is 0. The number of nitrogens with zero attached hydrogens (tertiary/aromatic N) is 1. The number of unbranched alkanes of at least 4 members (excludes halogenated alkanes) is 2. The van der Waals surface area contributed by atoms with Crippen molar-refractivity contribution in [1.29, 1.82) is 0 Å². The number of aliphatic carboxylic acids is 1. The molecule has 18 heavy (non-hydrogen) atoms. The molecule has 0 aromatic rings. The van der Waals surface area contributed by atoms with Crippen molar-refractivity contribution in [2.24, 2.45) is 0 Å². The molecule has 5 heteroatoms. The molecule has 0 aliphatic carbocycles. The first-order valence-corrected chi connectivity index (χ1v) is 6.04. The SMILES string of the molecule is C#CCCCCC(=O)N1CC(C)(OCC(=O)O)C1. The van der Waals surface area contributed by atoms with Gasteiger partial charge in [0.2, 0.25) is 5.91 Å². The number of carboxylic acids is 1. The maximum atomic E-state index is 11.7. The summed E-state index contributed by atoms with van der Waals surface area (Å²) in [5.41, 5.74) is -0.507. The summed E-state index contributed by atoms with van der Waals surface area (Å²) in [6.07, 6.45) is 7.99. The molecule has 0 aromatic heterocycles. The predicted molar refractivity (Wildman–Crippen MR) is 65.9 cm³/mol. The van der Waals surface area contributed by atoms with Crippen LogP contribution in [-0.2, 0) is 14.3 Å². The molecule has 1 rings (SSSR count). The van der Waals surface area contributed by atoms with Crippen LogP contribution in [-0.4, -0.2) is 47.2 Å². The van der Waals surface area contributed by atoms with Crippen LogP contribution in [0.25, 0.3) is 0 Å². The summed E-state index contributed by atoms with van der Waals surface area (Å²) < 4.78 is 5.23. The van der Waals surface area contributed by atoms with E-state index in [1.54, 1.807) is 4.90 Å². The highest BCUT2D eigenvalue weighted by Crippen LogP contribution is 2.25. The topological polar surface area (TPSA) is 66.8 Å². The Morgan fingerprint density at radius 3 is 2.67 bits per heavy atom. The Hall–Kier alpha value is -1.54. The van der Waals surface area contributed by atoms with Gasteiger partial charge in [-0.3, -0.25) is 4.79 Å². The number of likely N-dealkylation sites (tertiary alicyclic amines) is 1. The van der Waals surface area contributed by atoms with E-state index >= 15 is 0 Å². The van der Waals surface area contributed by atoms with Gasteiger partial charge in [0, 0.05) is 12.8 Å². The summed E-state index contributed by atoms with van der Waals surface area (Å²) in [5, 5.41) is 8.52. The molecule has 0 atom stereocenters. The van der Waals surface area contributed by atoms with Gasteiger partial charge in [-0.15, -0.1) is 12.3 Å². The Morgan fingerprint density at radius 1 is 1.44 bits per heavy atom. The third-order valence-corrected chi connectivity index (χ3v) is 2.91. The van der Waals surface area contributed by atoms with Gasteiger partial charge in [0.1, 0.15) is 12.2 Å². The maximum absolute atomic E-state index is 11.7. The van der Waals surface area contributed by atoms with E-state index in [0.29, 0.717) is 25.9 Å². The van der Waals surface area contributed by atoms with Crippen LogP contribution in [0.3, 0.4) is 0 Å². The van der Waals surface area contributed by atoms with Crippen LogP contribution >= 0.6 is 0 Å². The molecule has 1 amide bonds. The highest BCUT2D eigenvalue weighted by Gasteiger charge is 2.42. The van der Waals surface area contributed by atoms with Crippen molar-refractivity contribution in [2.75, 3.05) is 19.7 Å². The molecule has 0 spiro atoms. The Balaban J connectivity index is 2.18. The molecule has 0 saturated carbocycles. The van der Waals surface area contributed by atoms with Crippen LogP contribution in [0.2, 0.25) is 0 Å². The molecule has 1 aliphatic rings. The standard InChI is InChI=1S/C13H19NO4/c1-3-4-5-6-7-11(15)14-9-13(2,10-14)18-8-12(16)17/h1H,4-10H2,2H3,(H,16,17). The molecule has 1 N–H and O–H groups in total. The highest BCUT2D eigenvalue weighted by atomic mass is 16.5. The Kier molecular flexibility index (Phi) is 5.17. The van der Waals surface area contributed by atoms with Gasteiger partial charge in [0.05, 0.1) is 13.1 Å². The maximum Gasteiger partial charge on any atom is 0.329 e. The minimum absolute atomic E-state index is 0.0865. The fourth-order valence-corrected chi connectivity index (χ4v) is 1.93. The Labute approximate surface area is 107 Å². The first-order chi connectivity index (χ1) is 8.47. The lowest BCUT2D eigenvalue weighted by Gasteiger charge is -2.47. The first kappa shape index (κ1) is 14.5. The average Bonchev–Trinajstić information content (AvgIpc) is 2.28. The van der Waals surface area contributed by atoms with Crippen molar-refractivity contribution in [3.63, 3.8) is 0 Å². The van der Waals surface area contributed by atoms with E-state index in [0.717, 1.165) is 12.8 Å². The zero-order valence-electron chi connectivity index (χ0n) is 10.6. The van der Waals surface area contributed by atoms with Crippen molar-refractivity contribution in [2.45, 2.75) is 38.2 Å². The van der Waals surface area contributed by atoms with E-state index < -0.39 is 11.6 Å². The largest absolute Gasteiger partial charge is 0.480 e. The van der Waals surface area contributed by atoms with Crippen LogP contribution in [0.4, 0.5) is 0 Å². The van der Waals surface area contributed by atoms with Crippen LogP contribution in [0, 0.1) is 12.3 Å². The second-order valence-corrected chi connectivity index (χ2v) is 4.79. The molecule has 0 unspecified atom stereocenters. The van der Waals surface area contributed by atoms with Gasteiger partial charge in [0.15, 0.2) is 0 Å². The minimum Gasteiger partial charge on any atom is -0.480 e. The Bertz CT molecular complexity index is 352. The lowest BCUT2D eigenvalue weighted by atomic mass is 9.95. The molecule has 0 radical (unpaired) electrons. The van der Waals surface area contributed by atoms with E-state index in [1.807, 2.05) is 6.92 Å². The van der Waals surface area contributed by atoms with Crippen LogP contribution in [0.15, 0.2) is 0 Å². The summed E-state index contributed by atoms with van der Waals surface area (Å²) in [5.74, 6) is 1.63. The molecule has 1 fully saturated rings. The van der Waals surface area contributed by atoms with Gasteiger partial charge in [-0.05, 0) is 19.8 Å².